The predicted molar refractivity (Wildman–Crippen MR) is 80.8 cm³/mol. The molecule has 0 aliphatic carbocycles. The lowest BCUT2D eigenvalue weighted by Gasteiger charge is -2.24. The third kappa shape index (κ3) is 3.92. The van der Waals surface area contributed by atoms with E-state index in [1.54, 1.807) is 7.05 Å². The molecular formula is C13H28N4O2S. The molecule has 2 N–H and O–H groups in total. The van der Waals surface area contributed by atoms with Gasteiger partial charge < -0.3 is 5.32 Å². The minimum Gasteiger partial charge on any atom is -0.317 e. The summed E-state index contributed by atoms with van der Waals surface area (Å²) in [6.07, 6.45) is 4.10. The van der Waals surface area contributed by atoms with Gasteiger partial charge in [-0.2, -0.15) is 17.4 Å². The number of nitrogens with one attached hydrogen (secondary N) is 2. The zero-order chi connectivity index (χ0) is 14.6. The van der Waals surface area contributed by atoms with Crippen LogP contribution in [0.2, 0.25) is 0 Å². The van der Waals surface area contributed by atoms with E-state index in [1.165, 1.54) is 10.7 Å². The molecule has 2 heterocycles. The second-order valence-electron chi connectivity index (χ2n) is 5.79. The molecule has 0 aromatic heterocycles. The van der Waals surface area contributed by atoms with Crippen LogP contribution in [-0.4, -0.2) is 69.5 Å². The lowest BCUT2D eigenvalue weighted by Crippen LogP contribution is -2.48. The van der Waals surface area contributed by atoms with Crippen molar-refractivity contribution >= 4 is 10.2 Å². The van der Waals surface area contributed by atoms with E-state index in [0.29, 0.717) is 12.6 Å². The Balaban J connectivity index is 1.80. The van der Waals surface area contributed by atoms with Crippen molar-refractivity contribution in [3.8, 4) is 0 Å². The Morgan fingerprint density at radius 1 is 1.30 bits per heavy atom. The highest BCUT2D eigenvalue weighted by Gasteiger charge is 2.39. The molecular weight excluding hydrogens is 276 g/mol. The van der Waals surface area contributed by atoms with E-state index in [0.717, 1.165) is 45.4 Å². The highest BCUT2D eigenvalue weighted by Crippen LogP contribution is 2.28. The van der Waals surface area contributed by atoms with Gasteiger partial charge in [0.25, 0.3) is 10.2 Å². The summed E-state index contributed by atoms with van der Waals surface area (Å²) in [5, 5.41) is 3.21. The van der Waals surface area contributed by atoms with Crippen LogP contribution in [0.5, 0.6) is 0 Å². The van der Waals surface area contributed by atoms with Crippen molar-refractivity contribution in [2.24, 2.45) is 0 Å². The van der Waals surface area contributed by atoms with Crippen molar-refractivity contribution in [1.29, 1.82) is 0 Å². The first-order valence-electron chi connectivity index (χ1n) is 7.73. The average molecular weight is 304 g/mol. The van der Waals surface area contributed by atoms with Crippen LogP contribution >= 0.6 is 0 Å². The van der Waals surface area contributed by atoms with Gasteiger partial charge in [-0.1, -0.05) is 6.92 Å². The Labute approximate surface area is 123 Å². The quantitative estimate of drug-likeness (QED) is 0.619. The van der Waals surface area contributed by atoms with Crippen LogP contribution in [0.4, 0.5) is 0 Å². The number of hydrogen-bond acceptors (Lipinski definition) is 4. The van der Waals surface area contributed by atoms with Crippen LogP contribution in [-0.2, 0) is 10.2 Å². The van der Waals surface area contributed by atoms with Crippen molar-refractivity contribution in [1.82, 2.24) is 19.2 Å². The first-order chi connectivity index (χ1) is 9.54. The van der Waals surface area contributed by atoms with E-state index >= 15 is 0 Å². The van der Waals surface area contributed by atoms with Crippen LogP contribution in [0.1, 0.15) is 32.6 Å². The Morgan fingerprint density at radius 3 is 2.85 bits per heavy atom. The van der Waals surface area contributed by atoms with Gasteiger partial charge in [0.15, 0.2) is 0 Å². The van der Waals surface area contributed by atoms with Crippen LogP contribution in [0, 0.1) is 0 Å². The molecule has 2 fully saturated rings. The third-order valence-corrected chi connectivity index (χ3v) is 6.00. The molecule has 6 nitrogen and oxygen atoms in total. The molecule has 0 aromatic carbocycles. The number of hydrogen-bond donors (Lipinski definition) is 2. The maximum absolute atomic E-state index is 12.3. The minimum atomic E-state index is -3.34. The number of fused-ring (bicyclic) bond motifs is 1. The van der Waals surface area contributed by atoms with Crippen molar-refractivity contribution in [3.63, 3.8) is 0 Å². The van der Waals surface area contributed by atoms with Gasteiger partial charge in [0.2, 0.25) is 0 Å². The standard InChI is InChI=1S/C13H28N4O2S/c1-3-14-8-5-9-16(2)20(18,19)15-12-7-11-17-10-4-6-13(12)17/h12-15H,3-11H2,1-2H3. The predicted octanol–water partition coefficient (Wildman–Crippen LogP) is -0.0111. The first kappa shape index (κ1) is 16.2. The fraction of sp³-hybridized carbons (Fsp3) is 1.00. The summed E-state index contributed by atoms with van der Waals surface area (Å²) in [7, 11) is -1.68. The van der Waals surface area contributed by atoms with Gasteiger partial charge >= 0.3 is 0 Å². The van der Waals surface area contributed by atoms with Gasteiger partial charge in [-0.3, -0.25) is 4.90 Å². The van der Waals surface area contributed by atoms with Crippen molar-refractivity contribution in [2.75, 3.05) is 39.8 Å². The van der Waals surface area contributed by atoms with E-state index in [2.05, 4.69) is 21.9 Å². The zero-order valence-corrected chi connectivity index (χ0v) is 13.5. The SMILES string of the molecule is CCNCCCN(C)S(=O)(=O)NC1CCN2CCCC12. The van der Waals surface area contributed by atoms with Gasteiger partial charge in [-0.05, 0) is 45.3 Å². The van der Waals surface area contributed by atoms with Crippen LogP contribution < -0.4 is 10.0 Å². The largest absolute Gasteiger partial charge is 0.317 e. The molecule has 0 radical (unpaired) electrons. The average Bonchev–Trinajstić information content (AvgIpc) is 2.99. The second kappa shape index (κ2) is 7.17. The first-order valence-corrected chi connectivity index (χ1v) is 9.17. The highest BCUT2D eigenvalue weighted by molar-refractivity contribution is 7.87. The fourth-order valence-corrected chi connectivity index (χ4v) is 4.43. The van der Waals surface area contributed by atoms with Gasteiger partial charge in [0.05, 0.1) is 0 Å². The molecule has 20 heavy (non-hydrogen) atoms. The second-order valence-corrected chi connectivity index (χ2v) is 7.60. The van der Waals surface area contributed by atoms with Gasteiger partial charge in [0, 0.05) is 32.2 Å². The summed E-state index contributed by atoms with van der Waals surface area (Å²) in [6.45, 7) is 6.55. The molecule has 7 heteroatoms. The molecule has 0 aromatic rings. The van der Waals surface area contributed by atoms with E-state index < -0.39 is 10.2 Å². The summed E-state index contributed by atoms with van der Waals surface area (Å²) in [6, 6.07) is 0.513. The Morgan fingerprint density at radius 2 is 2.10 bits per heavy atom. The molecule has 2 atom stereocenters. The van der Waals surface area contributed by atoms with Crippen LogP contribution in [0.3, 0.4) is 0 Å². The molecule has 0 spiro atoms. The molecule has 0 bridgehead atoms. The normalized spacial score (nSPS) is 27.4. The Kier molecular flexibility index (Phi) is 5.80. The minimum absolute atomic E-state index is 0.0960. The smallest absolute Gasteiger partial charge is 0.279 e. The lowest BCUT2D eigenvalue weighted by molar-refractivity contribution is 0.307. The number of nitrogens with zero attached hydrogens (tertiary/aromatic N) is 2. The van der Waals surface area contributed by atoms with Gasteiger partial charge in [0.1, 0.15) is 0 Å². The Hall–Kier alpha value is -0.210. The molecule has 0 saturated carbocycles. The van der Waals surface area contributed by atoms with E-state index in [4.69, 9.17) is 0 Å². The summed E-state index contributed by atoms with van der Waals surface area (Å²) in [5.74, 6) is 0. The summed E-state index contributed by atoms with van der Waals surface area (Å²) >= 11 is 0. The lowest BCUT2D eigenvalue weighted by atomic mass is 10.1. The summed E-state index contributed by atoms with van der Waals surface area (Å²) in [4.78, 5) is 2.42. The molecule has 118 valence electrons. The van der Waals surface area contributed by atoms with Crippen LogP contribution in [0.25, 0.3) is 0 Å². The summed E-state index contributed by atoms with van der Waals surface area (Å²) < 4.78 is 29.0. The molecule has 2 rings (SSSR count). The Bertz CT molecular complexity index is 401. The van der Waals surface area contributed by atoms with Crippen molar-refractivity contribution in [3.05, 3.63) is 0 Å². The topological polar surface area (TPSA) is 64.7 Å². The van der Waals surface area contributed by atoms with E-state index in [-0.39, 0.29) is 6.04 Å². The molecule has 2 saturated heterocycles. The number of rotatable bonds is 8. The maximum Gasteiger partial charge on any atom is 0.279 e. The monoisotopic (exact) mass is 304 g/mol. The van der Waals surface area contributed by atoms with E-state index in [1.807, 2.05) is 0 Å². The molecule has 2 aliphatic heterocycles. The maximum atomic E-state index is 12.3. The molecule has 2 unspecified atom stereocenters. The molecule has 0 amide bonds. The third-order valence-electron chi connectivity index (χ3n) is 4.39. The molecule has 2 aliphatic rings. The van der Waals surface area contributed by atoms with Crippen molar-refractivity contribution in [2.45, 2.75) is 44.7 Å². The zero-order valence-electron chi connectivity index (χ0n) is 12.6. The van der Waals surface area contributed by atoms with Gasteiger partial charge in [-0.25, -0.2) is 0 Å². The van der Waals surface area contributed by atoms with Gasteiger partial charge in [-0.15, -0.1) is 0 Å². The van der Waals surface area contributed by atoms with Crippen LogP contribution in [0.15, 0.2) is 0 Å². The highest BCUT2D eigenvalue weighted by atomic mass is 32.2. The summed E-state index contributed by atoms with van der Waals surface area (Å²) in [5.41, 5.74) is 0. The van der Waals surface area contributed by atoms with E-state index in [9.17, 15) is 8.42 Å². The fourth-order valence-electron chi connectivity index (χ4n) is 3.22. The van der Waals surface area contributed by atoms with Crippen molar-refractivity contribution < 1.29 is 8.42 Å².